The van der Waals surface area contributed by atoms with E-state index in [1.807, 2.05) is 60.6 Å². The van der Waals surface area contributed by atoms with Crippen molar-refractivity contribution in [1.82, 2.24) is 0 Å². The van der Waals surface area contributed by atoms with Gasteiger partial charge in [-0.2, -0.15) is 0 Å². The van der Waals surface area contributed by atoms with E-state index in [2.05, 4.69) is 26.2 Å². The first kappa shape index (κ1) is 28.2. The van der Waals surface area contributed by atoms with E-state index in [4.69, 9.17) is 5.11 Å². The van der Waals surface area contributed by atoms with E-state index >= 15 is 0 Å². The van der Waals surface area contributed by atoms with E-state index in [1.165, 1.54) is 16.0 Å². The molecule has 0 bridgehead atoms. The van der Waals surface area contributed by atoms with Crippen LogP contribution in [0, 0.1) is 6.92 Å². The second-order valence-electron chi connectivity index (χ2n) is 4.30. The molecule has 1 aromatic rings. The van der Waals surface area contributed by atoms with Crippen molar-refractivity contribution in [2.45, 2.75) is 74.7 Å². The first-order valence-corrected chi connectivity index (χ1v) is 10.1. The molecule has 0 aliphatic rings. The third-order valence-electron chi connectivity index (χ3n) is 3.09. The molecule has 0 saturated heterocycles. The lowest BCUT2D eigenvalue weighted by atomic mass is 10.0. The predicted molar refractivity (Wildman–Crippen MR) is 118 cm³/mol. The number of aliphatic carboxylic acids is 1. The highest BCUT2D eigenvalue weighted by Gasteiger charge is 2.14. The van der Waals surface area contributed by atoms with Gasteiger partial charge in [0, 0.05) is 16.2 Å². The van der Waals surface area contributed by atoms with Gasteiger partial charge in [0.15, 0.2) is 0 Å². The molecule has 3 heteroatoms. The minimum Gasteiger partial charge on any atom is -0.481 e. The van der Waals surface area contributed by atoms with Crippen LogP contribution in [0.4, 0.5) is 0 Å². The fraction of sp³-hybridized carbons (Fsp3) is 0.500. The number of hydrogen-bond donors (Lipinski definition) is 1. The van der Waals surface area contributed by atoms with Crippen LogP contribution in [0.25, 0.3) is 17.7 Å². The molecule has 1 rings (SSSR count). The summed E-state index contributed by atoms with van der Waals surface area (Å²) in [6, 6.07) is 0. The summed E-state index contributed by atoms with van der Waals surface area (Å²) in [7, 11) is 0. The van der Waals surface area contributed by atoms with Gasteiger partial charge >= 0.3 is 5.97 Å². The van der Waals surface area contributed by atoms with Gasteiger partial charge in [0.2, 0.25) is 0 Å². The molecule has 144 valence electrons. The minimum absolute atomic E-state index is 0.213. The Labute approximate surface area is 160 Å². The third kappa shape index (κ3) is 10.1. The maximum atomic E-state index is 10.6. The van der Waals surface area contributed by atoms with Crippen LogP contribution in [0.5, 0.6) is 0 Å². The molecule has 1 aromatic heterocycles. The predicted octanol–water partition coefficient (Wildman–Crippen LogP) is 8.08. The van der Waals surface area contributed by atoms with Gasteiger partial charge < -0.3 is 5.11 Å². The number of carbonyl (C=O) groups is 1. The Bertz CT molecular complexity index is 522. The summed E-state index contributed by atoms with van der Waals surface area (Å²) in [4.78, 5) is 12.9. The van der Waals surface area contributed by atoms with Crippen LogP contribution in [0.15, 0.2) is 19.2 Å². The molecule has 0 fully saturated rings. The molecule has 0 saturated carbocycles. The van der Waals surface area contributed by atoms with Crippen molar-refractivity contribution in [1.29, 1.82) is 0 Å². The normalized spacial score (nSPS) is 9.36. The molecule has 1 N–H and O–H groups in total. The smallest absolute Gasteiger partial charge is 0.303 e. The van der Waals surface area contributed by atoms with Gasteiger partial charge in [-0.15, -0.1) is 11.3 Å². The monoisotopic (exact) mass is 366 g/mol. The summed E-state index contributed by atoms with van der Waals surface area (Å²) in [5.74, 6) is -0.739. The Hall–Kier alpha value is -1.61. The van der Waals surface area contributed by atoms with Crippen LogP contribution in [-0.4, -0.2) is 11.1 Å². The zero-order valence-electron chi connectivity index (χ0n) is 17.5. The zero-order valence-corrected chi connectivity index (χ0v) is 18.3. The summed E-state index contributed by atoms with van der Waals surface area (Å²) in [6.45, 7) is 23.8. The highest BCUT2D eigenvalue weighted by atomic mass is 32.1. The summed E-state index contributed by atoms with van der Waals surface area (Å²) in [6.07, 6.45) is 7.45. The first-order chi connectivity index (χ1) is 12.0. The quantitative estimate of drug-likeness (QED) is 0.529. The third-order valence-corrected chi connectivity index (χ3v) is 4.47. The van der Waals surface area contributed by atoms with Crippen molar-refractivity contribution in [3.63, 3.8) is 0 Å². The van der Waals surface area contributed by atoms with Crippen LogP contribution >= 0.6 is 11.3 Å². The Morgan fingerprint density at radius 3 is 1.88 bits per heavy atom. The number of allylic oxidation sites excluding steroid dienone is 2. The fourth-order valence-electron chi connectivity index (χ4n) is 2.08. The number of carboxylic acids is 1. The fourth-order valence-corrected chi connectivity index (χ4v) is 3.34. The SMILES string of the molecule is C=Cc1sc(/C(=C\C)CCCC(=O)O)c(C)c1C=C.CC.CC.CC. The van der Waals surface area contributed by atoms with E-state index < -0.39 is 5.97 Å². The average molecular weight is 367 g/mol. The van der Waals surface area contributed by atoms with Crippen LogP contribution in [0.3, 0.4) is 0 Å². The van der Waals surface area contributed by atoms with Crippen molar-refractivity contribution < 1.29 is 9.90 Å². The Morgan fingerprint density at radius 2 is 1.56 bits per heavy atom. The van der Waals surface area contributed by atoms with Gasteiger partial charge in [-0.05, 0) is 43.4 Å². The zero-order chi connectivity index (χ0) is 20.4. The van der Waals surface area contributed by atoms with Gasteiger partial charge in [-0.25, -0.2) is 0 Å². The van der Waals surface area contributed by atoms with E-state index in [0.717, 1.165) is 16.9 Å². The summed E-state index contributed by atoms with van der Waals surface area (Å²) >= 11 is 1.70. The van der Waals surface area contributed by atoms with Crippen molar-refractivity contribution in [3.8, 4) is 0 Å². The molecular formula is C22H38O2S. The van der Waals surface area contributed by atoms with Gasteiger partial charge in [0.25, 0.3) is 0 Å². The molecule has 2 nitrogen and oxygen atoms in total. The van der Waals surface area contributed by atoms with Crippen molar-refractivity contribution in [2.75, 3.05) is 0 Å². The highest BCUT2D eigenvalue weighted by molar-refractivity contribution is 7.14. The number of hydrogen-bond acceptors (Lipinski definition) is 2. The minimum atomic E-state index is -0.739. The molecule has 0 aromatic carbocycles. The van der Waals surface area contributed by atoms with Crippen molar-refractivity contribution in [2.24, 2.45) is 0 Å². The van der Waals surface area contributed by atoms with Crippen LogP contribution in [-0.2, 0) is 4.79 Å². The number of thiophene rings is 1. The summed E-state index contributed by atoms with van der Waals surface area (Å²) in [5.41, 5.74) is 3.55. The van der Waals surface area contributed by atoms with Gasteiger partial charge in [0.05, 0.1) is 0 Å². The molecular weight excluding hydrogens is 328 g/mol. The molecule has 0 unspecified atom stereocenters. The summed E-state index contributed by atoms with van der Waals surface area (Å²) < 4.78 is 0. The maximum absolute atomic E-state index is 10.6. The Morgan fingerprint density at radius 1 is 1.04 bits per heavy atom. The number of carboxylic acid groups (broad SMARTS) is 1. The molecule has 0 aliphatic heterocycles. The van der Waals surface area contributed by atoms with Crippen molar-refractivity contribution in [3.05, 3.63) is 40.1 Å². The highest BCUT2D eigenvalue weighted by Crippen LogP contribution is 2.36. The second kappa shape index (κ2) is 18.7. The molecule has 0 aliphatic carbocycles. The molecule has 25 heavy (non-hydrogen) atoms. The second-order valence-corrected chi connectivity index (χ2v) is 5.36. The first-order valence-electron chi connectivity index (χ1n) is 9.30. The lowest BCUT2D eigenvalue weighted by Crippen LogP contribution is -1.94. The van der Waals surface area contributed by atoms with E-state index in [-0.39, 0.29) is 6.42 Å². The molecule has 0 spiro atoms. The van der Waals surface area contributed by atoms with Crippen LogP contribution < -0.4 is 0 Å². The lowest BCUT2D eigenvalue weighted by molar-refractivity contribution is -0.137. The average Bonchev–Trinajstić information content (AvgIpc) is 2.99. The van der Waals surface area contributed by atoms with Crippen LogP contribution in [0.2, 0.25) is 0 Å². The molecule has 0 atom stereocenters. The lowest BCUT2D eigenvalue weighted by Gasteiger charge is -2.05. The maximum Gasteiger partial charge on any atom is 0.303 e. The number of rotatable bonds is 7. The molecule has 1 heterocycles. The van der Waals surface area contributed by atoms with Gasteiger partial charge in [-0.3, -0.25) is 4.79 Å². The molecule has 0 radical (unpaired) electrons. The van der Waals surface area contributed by atoms with E-state index in [0.29, 0.717) is 6.42 Å². The van der Waals surface area contributed by atoms with E-state index in [1.54, 1.807) is 11.3 Å². The van der Waals surface area contributed by atoms with Gasteiger partial charge in [-0.1, -0.05) is 72.9 Å². The molecule has 0 amide bonds. The standard InChI is InChI=1S/C16H20O2S.3C2H6/c1-5-12(9-8-10-15(17)18)16-11(4)13(6-2)14(7-3)19-16;3*1-2/h5-7H,2-3,8-10H2,1,4H3,(H,17,18);3*1-2H3/b12-5-;;;. The Kier molecular flexibility index (Phi) is 21.1. The van der Waals surface area contributed by atoms with Gasteiger partial charge in [0.1, 0.15) is 0 Å². The largest absolute Gasteiger partial charge is 0.481 e. The Balaban J connectivity index is -0.000000725. The topological polar surface area (TPSA) is 37.3 Å². The summed E-state index contributed by atoms with van der Waals surface area (Å²) in [5, 5.41) is 8.71. The van der Waals surface area contributed by atoms with Crippen molar-refractivity contribution >= 4 is 35.0 Å². The van der Waals surface area contributed by atoms with E-state index in [9.17, 15) is 4.79 Å². The van der Waals surface area contributed by atoms with Crippen LogP contribution in [0.1, 0.15) is 88.6 Å².